The Bertz CT molecular complexity index is 99.8. The summed E-state index contributed by atoms with van der Waals surface area (Å²) in [5, 5.41) is 3.19. The van der Waals surface area contributed by atoms with Gasteiger partial charge in [0.05, 0.1) is 0 Å². The summed E-state index contributed by atoms with van der Waals surface area (Å²) < 4.78 is 0. The molecule has 0 aliphatic heterocycles. The Morgan fingerprint density at radius 3 is 2.10 bits per heavy atom. The largest absolute Gasteiger partial charge is 0.314 e. The fourth-order valence-corrected chi connectivity index (χ4v) is 0.963. The molecule has 0 saturated carbocycles. The minimum atomic E-state index is 0.391. The first kappa shape index (κ1) is 9.70. The molecule has 0 spiro atoms. The second-order valence-corrected chi connectivity index (χ2v) is 3.90. The molecular weight excluding hydrogens is 122 g/mol. The smallest absolute Gasteiger partial charge is 0.0249 e. The van der Waals surface area contributed by atoms with Crippen molar-refractivity contribution >= 4 is 0 Å². The van der Waals surface area contributed by atoms with E-state index in [9.17, 15) is 0 Å². The summed E-state index contributed by atoms with van der Waals surface area (Å²) in [6.45, 7) is 10.5. The highest BCUT2D eigenvalue weighted by atomic mass is 14.9. The average Bonchev–Trinajstić information content (AvgIpc) is 1.81. The van der Waals surface area contributed by atoms with Gasteiger partial charge in [-0.1, -0.05) is 26.8 Å². The highest BCUT2D eigenvalue weighted by Gasteiger charge is 2.14. The molecule has 0 aromatic carbocycles. The van der Waals surface area contributed by atoms with Gasteiger partial charge in [-0.05, 0) is 18.9 Å². The van der Waals surface area contributed by atoms with Crippen molar-refractivity contribution in [1.29, 1.82) is 0 Å². The predicted octanol–water partition coefficient (Wildman–Crippen LogP) is 2.20. The third-order valence-electron chi connectivity index (χ3n) is 1.49. The zero-order valence-electron chi connectivity index (χ0n) is 7.57. The number of nitrogens with one attached hydrogen (secondary N) is 1. The Morgan fingerprint density at radius 1 is 1.50 bits per heavy atom. The van der Waals surface area contributed by atoms with Crippen LogP contribution in [-0.2, 0) is 0 Å². The number of rotatable bonds is 3. The molecule has 0 saturated heterocycles. The Morgan fingerprint density at radius 2 is 2.00 bits per heavy atom. The van der Waals surface area contributed by atoms with E-state index >= 15 is 0 Å². The van der Waals surface area contributed by atoms with Crippen LogP contribution in [0.1, 0.15) is 27.2 Å². The third kappa shape index (κ3) is 4.57. The van der Waals surface area contributed by atoms with Gasteiger partial charge in [-0.2, -0.15) is 0 Å². The van der Waals surface area contributed by atoms with Crippen molar-refractivity contribution in [3.63, 3.8) is 0 Å². The number of hydrogen-bond acceptors (Lipinski definition) is 1. The van der Waals surface area contributed by atoms with E-state index in [-0.39, 0.29) is 0 Å². The highest BCUT2D eigenvalue weighted by Crippen LogP contribution is 2.20. The van der Waals surface area contributed by atoms with E-state index < -0.39 is 0 Å². The molecule has 0 aliphatic carbocycles. The van der Waals surface area contributed by atoms with Crippen LogP contribution >= 0.6 is 0 Å². The first-order chi connectivity index (χ1) is 4.49. The van der Waals surface area contributed by atoms with E-state index in [0.717, 1.165) is 6.42 Å². The topological polar surface area (TPSA) is 12.0 Å². The van der Waals surface area contributed by atoms with Crippen molar-refractivity contribution < 1.29 is 0 Å². The maximum Gasteiger partial charge on any atom is 0.0249 e. The molecule has 0 radical (unpaired) electrons. The second kappa shape index (κ2) is 3.77. The molecular formula is C9H19N. The molecule has 1 unspecified atom stereocenters. The Balaban J connectivity index is 3.74. The van der Waals surface area contributed by atoms with Crippen LogP contribution in [0.4, 0.5) is 0 Å². The Kier molecular flexibility index (Phi) is 3.66. The molecule has 0 aromatic rings. The standard InChI is InChI=1S/C9H19N/c1-6-8(10-5)7-9(2,3)4/h6,8,10H,1,7H2,2-5H3. The fraction of sp³-hybridized carbons (Fsp3) is 0.778. The monoisotopic (exact) mass is 141 g/mol. The maximum atomic E-state index is 3.75. The lowest BCUT2D eigenvalue weighted by atomic mass is 9.88. The lowest BCUT2D eigenvalue weighted by Gasteiger charge is -2.23. The lowest BCUT2D eigenvalue weighted by Crippen LogP contribution is -2.27. The van der Waals surface area contributed by atoms with Crippen molar-refractivity contribution in [3.05, 3.63) is 12.7 Å². The van der Waals surface area contributed by atoms with E-state index in [2.05, 4.69) is 32.7 Å². The maximum absolute atomic E-state index is 3.75. The van der Waals surface area contributed by atoms with E-state index in [1.54, 1.807) is 0 Å². The van der Waals surface area contributed by atoms with Gasteiger partial charge in [-0.15, -0.1) is 6.58 Å². The molecule has 0 rings (SSSR count). The summed E-state index contributed by atoms with van der Waals surface area (Å²) in [6.07, 6.45) is 3.11. The first-order valence-electron chi connectivity index (χ1n) is 3.79. The molecule has 1 nitrogen and oxygen atoms in total. The van der Waals surface area contributed by atoms with Crippen molar-refractivity contribution in [1.82, 2.24) is 5.32 Å². The average molecular weight is 141 g/mol. The quantitative estimate of drug-likeness (QED) is 0.594. The van der Waals surface area contributed by atoms with Crippen LogP contribution in [-0.4, -0.2) is 13.1 Å². The summed E-state index contributed by atoms with van der Waals surface area (Å²) in [7, 11) is 1.97. The van der Waals surface area contributed by atoms with Gasteiger partial charge >= 0.3 is 0 Å². The fourth-order valence-electron chi connectivity index (χ4n) is 0.963. The summed E-state index contributed by atoms with van der Waals surface area (Å²) in [5.74, 6) is 0. The summed E-state index contributed by atoms with van der Waals surface area (Å²) >= 11 is 0. The molecule has 1 heteroatoms. The van der Waals surface area contributed by atoms with E-state index in [0.29, 0.717) is 11.5 Å². The number of hydrogen-bond donors (Lipinski definition) is 1. The zero-order valence-corrected chi connectivity index (χ0v) is 7.57. The van der Waals surface area contributed by atoms with Gasteiger partial charge in [0.2, 0.25) is 0 Å². The van der Waals surface area contributed by atoms with Gasteiger partial charge in [-0.3, -0.25) is 0 Å². The van der Waals surface area contributed by atoms with Crippen LogP contribution in [0.3, 0.4) is 0 Å². The van der Waals surface area contributed by atoms with Crippen LogP contribution < -0.4 is 5.32 Å². The van der Waals surface area contributed by atoms with Crippen LogP contribution in [0.2, 0.25) is 0 Å². The molecule has 10 heavy (non-hydrogen) atoms. The SMILES string of the molecule is C=CC(CC(C)(C)C)NC. The molecule has 0 fully saturated rings. The van der Waals surface area contributed by atoms with Gasteiger partial charge in [-0.25, -0.2) is 0 Å². The highest BCUT2D eigenvalue weighted by molar-refractivity contribution is 4.87. The van der Waals surface area contributed by atoms with Crippen molar-refractivity contribution in [2.24, 2.45) is 5.41 Å². The minimum absolute atomic E-state index is 0.391. The minimum Gasteiger partial charge on any atom is -0.314 e. The molecule has 60 valence electrons. The van der Waals surface area contributed by atoms with Crippen molar-refractivity contribution in [3.8, 4) is 0 Å². The Hall–Kier alpha value is -0.300. The normalized spacial score (nSPS) is 14.8. The molecule has 0 aromatic heterocycles. The van der Waals surface area contributed by atoms with E-state index in [4.69, 9.17) is 0 Å². The molecule has 1 N–H and O–H groups in total. The summed E-state index contributed by atoms with van der Waals surface area (Å²) in [5.41, 5.74) is 0.391. The van der Waals surface area contributed by atoms with Crippen molar-refractivity contribution in [2.75, 3.05) is 7.05 Å². The lowest BCUT2D eigenvalue weighted by molar-refractivity contribution is 0.343. The van der Waals surface area contributed by atoms with Gasteiger partial charge in [0, 0.05) is 6.04 Å². The number of likely N-dealkylation sites (N-methyl/N-ethyl adjacent to an activating group) is 1. The van der Waals surface area contributed by atoms with Crippen LogP contribution in [0, 0.1) is 5.41 Å². The van der Waals surface area contributed by atoms with Crippen LogP contribution in [0.5, 0.6) is 0 Å². The molecule has 0 aliphatic rings. The predicted molar refractivity (Wildman–Crippen MR) is 47.1 cm³/mol. The van der Waals surface area contributed by atoms with Crippen LogP contribution in [0.15, 0.2) is 12.7 Å². The molecule has 0 amide bonds. The molecule has 0 heterocycles. The molecule has 0 bridgehead atoms. The zero-order chi connectivity index (χ0) is 8.20. The van der Waals surface area contributed by atoms with Gasteiger partial charge < -0.3 is 5.32 Å². The van der Waals surface area contributed by atoms with Gasteiger partial charge in [0.1, 0.15) is 0 Å². The van der Waals surface area contributed by atoms with Gasteiger partial charge in [0.25, 0.3) is 0 Å². The van der Waals surface area contributed by atoms with E-state index in [1.807, 2.05) is 13.1 Å². The summed E-state index contributed by atoms with van der Waals surface area (Å²) in [4.78, 5) is 0. The molecule has 1 atom stereocenters. The third-order valence-corrected chi connectivity index (χ3v) is 1.49. The van der Waals surface area contributed by atoms with Crippen molar-refractivity contribution in [2.45, 2.75) is 33.2 Å². The first-order valence-corrected chi connectivity index (χ1v) is 3.79. The van der Waals surface area contributed by atoms with Gasteiger partial charge in [0.15, 0.2) is 0 Å². The van der Waals surface area contributed by atoms with E-state index in [1.165, 1.54) is 0 Å². The Labute approximate surface area is 64.5 Å². The van der Waals surface area contributed by atoms with Crippen LogP contribution in [0.25, 0.3) is 0 Å². The summed E-state index contributed by atoms with van der Waals surface area (Å²) in [6, 6.07) is 0.458. The second-order valence-electron chi connectivity index (χ2n) is 3.90.